The Kier molecular flexibility index (Phi) is 8.45. The fourth-order valence-electron chi connectivity index (χ4n) is 4.77. The van der Waals surface area contributed by atoms with Crippen molar-refractivity contribution in [3.63, 3.8) is 0 Å². The summed E-state index contributed by atoms with van der Waals surface area (Å²) in [5.41, 5.74) is 2.53. The Hall–Kier alpha value is -1.82. The molecule has 0 N–H and O–H groups in total. The van der Waals surface area contributed by atoms with Gasteiger partial charge in [-0.25, -0.2) is 0 Å². The molecule has 5 heteroatoms. The van der Waals surface area contributed by atoms with Crippen molar-refractivity contribution in [1.82, 2.24) is 9.80 Å². The molecular weight excluding hydrogens is 404 g/mol. The summed E-state index contributed by atoms with van der Waals surface area (Å²) in [7, 11) is 0. The van der Waals surface area contributed by atoms with Gasteiger partial charge in [-0.05, 0) is 43.4 Å². The summed E-state index contributed by atoms with van der Waals surface area (Å²) >= 11 is 1.72. The molecule has 1 atom stereocenters. The maximum absolute atomic E-state index is 12.6. The molecule has 0 aliphatic carbocycles. The number of carbonyl (C=O) groups is 1. The number of piperidine rings is 1. The SMILES string of the molecule is O=C(CSCc1ccccc1)N1CCC(N2CCC[C@H]2COCc2ccccc2)CC1. The number of hydrogen-bond donors (Lipinski definition) is 0. The highest BCUT2D eigenvalue weighted by atomic mass is 32.2. The van der Waals surface area contributed by atoms with Crippen molar-refractivity contribution >= 4 is 17.7 Å². The van der Waals surface area contributed by atoms with Crippen LogP contribution in [0.1, 0.15) is 36.8 Å². The Morgan fingerprint density at radius 3 is 2.29 bits per heavy atom. The number of hydrogen-bond acceptors (Lipinski definition) is 4. The molecule has 2 aliphatic rings. The second-order valence-electron chi connectivity index (χ2n) is 8.62. The van der Waals surface area contributed by atoms with Gasteiger partial charge in [0.1, 0.15) is 0 Å². The van der Waals surface area contributed by atoms with Crippen LogP contribution in [-0.2, 0) is 21.9 Å². The van der Waals surface area contributed by atoms with Crippen molar-refractivity contribution in [3.05, 3.63) is 71.8 Å². The molecule has 0 saturated carbocycles. The van der Waals surface area contributed by atoms with Crippen LogP contribution >= 0.6 is 11.8 Å². The minimum absolute atomic E-state index is 0.295. The van der Waals surface area contributed by atoms with Crippen molar-refractivity contribution in [1.29, 1.82) is 0 Å². The lowest BCUT2D eigenvalue weighted by atomic mass is 10.0. The average Bonchev–Trinajstić information content (AvgIpc) is 3.29. The van der Waals surface area contributed by atoms with Crippen LogP contribution in [0, 0.1) is 0 Å². The lowest BCUT2D eigenvalue weighted by molar-refractivity contribution is -0.130. The molecule has 0 bridgehead atoms. The first-order valence-electron chi connectivity index (χ1n) is 11.6. The van der Waals surface area contributed by atoms with E-state index in [1.165, 1.54) is 30.5 Å². The standard InChI is InChI=1S/C26H34N2O2S/c29-26(21-31-20-23-10-5-2-6-11-23)27-16-13-24(14-17-27)28-15-7-12-25(28)19-30-18-22-8-3-1-4-9-22/h1-6,8-11,24-25H,7,12-21H2/t25-/m0/s1. The Morgan fingerprint density at radius 1 is 0.903 bits per heavy atom. The quantitative estimate of drug-likeness (QED) is 0.573. The zero-order valence-corrected chi connectivity index (χ0v) is 19.1. The predicted octanol–water partition coefficient (Wildman–Crippen LogP) is 4.59. The Morgan fingerprint density at radius 2 is 1.58 bits per heavy atom. The van der Waals surface area contributed by atoms with Gasteiger partial charge in [0.2, 0.25) is 5.91 Å². The maximum atomic E-state index is 12.6. The van der Waals surface area contributed by atoms with E-state index in [0.717, 1.165) is 38.3 Å². The molecule has 4 nitrogen and oxygen atoms in total. The van der Waals surface area contributed by atoms with E-state index in [2.05, 4.69) is 58.3 Å². The Bertz CT molecular complexity index is 794. The lowest BCUT2D eigenvalue weighted by Crippen LogP contribution is -2.49. The molecule has 4 rings (SSSR count). The molecule has 2 aromatic rings. The summed E-state index contributed by atoms with van der Waals surface area (Å²) in [4.78, 5) is 17.4. The van der Waals surface area contributed by atoms with E-state index in [4.69, 9.17) is 4.74 Å². The largest absolute Gasteiger partial charge is 0.375 e. The summed E-state index contributed by atoms with van der Waals surface area (Å²) in [5, 5.41) is 0. The van der Waals surface area contributed by atoms with E-state index in [1.54, 1.807) is 11.8 Å². The second kappa shape index (κ2) is 11.7. The van der Waals surface area contributed by atoms with E-state index in [9.17, 15) is 4.79 Å². The van der Waals surface area contributed by atoms with Crippen molar-refractivity contribution in [2.75, 3.05) is 32.0 Å². The highest BCUT2D eigenvalue weighted by Gasteiger charge is 2.33. The molecule has 0 aromatic heterocycles. The molecule has 2 fully saturated rings. The van der Waals surface area contributed by atoms with Crippen LogP contribution in [0.25, 0.3) is 0 Å². The summed E-state index contributed by atoms with van der Waals surface area (Å²) in [6.45, 7) is 4.46. The van der Waals surface area contributed by atoms with E-state index >= 15 is 0 Å². The highest BCUT2D eigenvalue weighted by molar-refractivity contribution is 7.99. The van der Waals surface area contributed by atoms with E-state index < -0.39 is 0 Å². The molecule has 2 saturated heterocycles. The van der Waals surface area contributed by atoms with Crippen LogP contribution in [-0.4, -0.2) is 59.8 Å². The van der Waals surface area contributed by atoms with Crippen LogP contribution in [0.15, 0.2) is 60.7 Å². The first kappa shape index (κ1) is 22.4. The topological polar surface area (TPSA) is 32.8 Å². The van der Waals surface area contributed by atoms with Gasteiger partial charge in [0.15, 0.2) is 0 Å². The van der Waals surface area contributed by atoms with Gasteiger partial charge in [-0.1, -0.05) is 60.7 Å². The van der Waals surface area contributed by atoms with Crippen molar-refractivity contribution in [3.8, 4) is 0 Å². The number of ether oxygens (including phenoxy) is 1. The zero-order chi connectivity index (χ0) is 21.3. The van der Waals surface area contributed by atoms with Gasteiger partial charge in [0, 0.05) is 30.9 Å². The van der Waals surface area contributed by atoms with Gasteiger partial charge in [0.05, 0.1) is 19.0 Å². The van der Waals surface area contributed by atoms with Gasteiger partial charge in [0.25, 0.3) is 0 Å². The molecule has 0 spiro atoms. The van der Waals surface area contributed by atoms with Crippen molar-refractivity contribution in [2.24, 2.45) is 0 Å². The summed E-state index contributed by atoms with van der Waals surface area (Å²) in [6.07, 6.45) is 4.66. The van der Waals surface area contributed by atoms with Gasteiger partial charge < -0.3 is 9.64 Å². The summed E-state index contributed by atoms with van der Waals surface area (Å²) in [5.74, 6) is 1.78. The van der Waals surface area contributed by atoms with Gasteiger partial charge >= 0.3 is 0 Å². The minimum atomic E-state index is 0.295. The van der Waals surface area contributed by atoms with E-state index in [0.29, 0.717) is 30.4 Å². The van der Waals surface area contributed by atoms with Crippen LogP contribution < -0.4 is 0 Å². The van der Waals surface area contributed by atoms with Crippen LogP contribution in [0.2, 0.25) is 0 Å². The molecule has 0 radical (unpaired) electrons. The molecule has 2 aliphatic heterocycles. The number of benzene rings is 2. The molecule has 1 amide bonds. The molecule has 2 aromatic carbocycles. The molecule has 0 unspecified atom stereocenters. The number of nitrogens with zero attached hydrogens (tertiary/aromatic N) is 2. The van der Waals surface area contributed by atoms with Crippen molar-refractivity contribution < 1.29 is 9.53 Å². The third kappa shape index (κ3) is 6.58. The number of likely N-dealkylation sites (tertiary alicyclic amines) is 2. The molecule has 166 valence electrons. The summed E-state index contributed by atoms with van der Waals surface area (Å²) < 4.78 is 6.06. The Labute approximate surface area is 191 Å². The van der Waals surface area contributed by atoms with Gasteiger partial charge in [-0.15, -0.1) is 11.8 Å². The molecule has 31 heavy (non-hydrogen) atoms. The fourth-order valence-corrected chi connectivity index (χ4v) is 5.66. The summed E-state index contributed by atoms with van der Waals surface area (Å²) in [6, 6.07) is 21.9. The lowest BCUT2D eigenvalue weighted by Gasteiger charge is -2.39. The molecule has 2 heterocycles. The van der Waals surface area contributed by atoms with Crippen LogP contribution in [0.5, 0.6) is 0 Å². The highest BCUT2D eigenvalue weighted by Crippen LogP contribution is 2.27. The van der Waals surface area contributed by atoms with Crippen LogP contribution in [0.4, 0.5) is 0 Å². The van der Waals surface area contributed by atoms with E-state index in [1.807, 2.05) is 12.1 Å². The van der Waals surface area contributed by atoms with Gasteiger partial charge in [-0.2, -0.15) is 0 Å². The maximum Gasteiger partial charge on any atom is 0.232 e. The zero-order valence-electron chi connectivity index (χ0n) is 18.3. The van der Waals surface area contributed by atoms with Crippen molar-refractivity contribution in [2.45, 2.75) is 50.1 Å². The Balaban J connectivity index is 1.16. The number of amides is 1. The average molecular weight is 439 g/mol. The first-order chi connectivity index (χ1) is 15.3. The third-order valence-electron chi connectivity index (χ3n) is 6.47. The fraction of sp³-hybridized carbons (Fsp3) is 0.500. The second-order valence-corrected chi connectivity index (χ2v) is 9.61. The monoisotopic (exact) mass is 438 g/mol. The number of rotatable bonds is 9. The van der Waals surface area contributed by atoms with E-state index in [-0.39, 0.29) is 0 Å². The number of thioether (sulfide) groups is 1. The predicted molar refractivity (Wildman–Crippen MR) is 128 cm³/mol. The molecular formula is C26H34N2O2S. The number of carbonyl (C=O) groups excluding carboxylic acids is 1. The third-order valence-corrected chi connectivity index (χ3v) is 7.46. The minimum Gasteiger partial charge on any atom is -0.375 e. The normalized spacial score (nSPS) is 20.3. The smallest absolute Gasteiger partial charge is 0.232 e. The van der Waals surface area contributed by atoms with Gasteiger partial charge in [-0.3, -0.25) is 9.69 Å². The van der Waals surface area contributed by atoms with Crippen LogP contribution in [0.3, 0.4) is 0 Å². The first-order valence-corrected chi connectivity index (χ1v) is 12.7.